The number of hydrogen-bond donors (Lipinski definition) is 2. The quantitative estimate of drug-likeness (QED) is 0.878. The predicted octanol–water partition coefficient (Wildman–Crippen LogP) is 1.74. The molecule has 0 radical (unpaired) electrons. The van der Waals surface area contributed by atoms with Gasteiger partial charge in [-0.2, -0.15) is 0 Å². The summed E-state index contributed by atoms with van der Waals surface area (Å²) in [5.41, 5.74) is 7.31. The van der Waals surface area contributed by atoms with Crippen molar-refractivity contribution in [1.82, 2.24) is 0 Å². The van der Waals surface area contributed by atoms with Crippen LogP contribution < -0.4 is 16.0 Å². The highest BCUT2D eigenvalue weighted by Crippen LogP contribution is 2.24. The number of amides is 2. The van der Waals surface area contributed by atoms with Gasteiger partial charge in [-0.25, -0.2) is 0 Å². The number of anilines is 2. The molecule has 0 spiro atoms. The summed E-state index contributed by atoms with van der Waals surface area (Å²) in [4.78, 5) is 25.4. The second kappa shape index (κ2) is 6.05. The van der Waals surface area contributed by atoms with E-state index in [-0.39, 0.29) is 17.7 Å². The zero-order valence-electron chi connectivity index (χ0n) is 11.9. The van der Waals surface area contributed by atoms with Gasteiger partial charge in [0.1, 0.15) is 0 Å². The molecular formula is C15H21N3O2. The van der Waals surface area contributed by atoms with E-state index in [9.17, 15) is 9.59 Å². The fourth-order valence-corrected chi connectivity index (χ4v) is 2.20. The normalized spacial score (nSPS) is 16.6. The largest absolute Gasteiger partial charge is 0.325 e. The van der Waals surface area contributed by atoms with Gasteiger partial charge in [-0.1, -0.05) is 19.9 Å². The van der Waals surface area contributed by atoms with Gasteiger partial charge < -0.3 is 16.0 Å². The average Bonchev–Trinajstić information content (AvgIpc) is 2.84. The van der Waals surface area contributed by atoms with E-state index in [0.717, 1.165) is 18.7 Å². The van der Waals surface area contributed by atoms with Crippen LogP contribution in [0, 0.1) is 5.92 Å². The van der Waals surface area contributed by atoms with Gasteiger partial charge in [0.15, 0.2) is 0 Å². The molecule has 5 nitrogen and oxygen atoms in total. The summed E-state index contributed by atoms with van der Waals surface area (Å²) in [7, 11) is 0. The summed E-state index contributed by atoms with van der Waals surface area (Å²) in [6, 6.07) is 6.79. The molecule has 2 rings (SSSR count). The Hall–Kier alpha value is -1.88. The van der Waals surface area contributed by atoms with Gasteiger partial charge in [0, 0.05) is 24.3 Å². The molecule has 1 saturated heterocycles. The van der Waals surface area contributed by atoms with Gasteiger partial charge >= 0.3 is 0 Å². The summed E-state index contributed by atoms with van der Waals surface area (Å²) in [5.74, 6) is 0.00981. The zero-order valence-corrected chi connectivity index (χ0v) is 11.9. The molecule has 1 aliphatic rings. The minimum atomic E-state index is -0.535. The van der Waals surface area contributed by atoms with E-state index in [1.165, 1.54) is 0 Å². The number of carbonyl (C=O) groups is 2. The number of nitrogens with one attached hydrogen (secondary N) is 1. The van der Waals surface area contributed by atoms with Gasteiger partial charge in [0.05, 0.1) is 6.04 Å². The van der Waals surface area contributed by atoms with Crippen molar-refractivity contribution in [2.45, 2.75) is 32.7 Å². The van der Waals surface area contributed by atoms with Crippen molar-refractivity contribution < 1.29 is 9.59 Å². The predicted molar refractivity (Wildman–Crippen MR) is 79.5 cm³/mol. The number of benzene rings is 1. The van der Waals surface area contributed by atoms with Crippen molar-refractivity contribution in [1.29, 1.82) is 0 Å². The Morgan fingerprint density at radius 2 is 2.15 bits per heavy atom. The van der Waals surface area contributed by atoms with Crippen LogP contribution in [0.1, 0.15) is 26.7 Å². The topological polar surface area (TPSA) is 75.4 Å². The fourth-order valence-electron chi connectivity index (χ4n) is 2.20. The first-order valence-corrected chi connectivity index (χ1v) is 6.96. The minimum absolute atomic E-state index is 0.0818. The maximum Gasteiger partial charge on any atom is 0.241 e. The molecule has 2 amide bonds. The SMILES string of the molecule is CC(C)C(N)C(=O)Nc1cccc(N2CCCC2=O)c1. The standard InChI is InChI=1S/C15H21N3O2/c1-10(2)14(16)15(20)17-11-5-3-6-12(9-11)18-8-4-7-13(18)19/h3,5-6,9-10,14H,4,7-8,16H2,1-2H3,(H,17,20). The minimum Gasteiger partial charge on any atom is -0.325 e. The summed E-state index contributed by atoms with van der Waals surface area (Å²) in [6.07, 6.45) is 1.47. The molecule has 0 saturated carbocycles. The summed E-state index contributed by atoms with van der Waals surface area (Å²) in [6.45, 7) is 4.55. The third-order valence-corrected chi connectivity index (χ3v) is 3.52. The molecule has 1 aromatic rings. The Kier molecular flexibility index (Phi) is 4.39. The molecule has 1 heterocycles. The molecular weight excluding hydrogens is 254 g/mol. The van der Waals surface area contributed by atoms with E-state index >= 15 is 0 Å². The van der Waals surface area contributed by atoms with Crippen molar-refractivity contribution in [3.05, 3.63) is 24.3 Å². The van der Waals surface area contributed by atoms with Gasteiger partial charge in [-0.3, -0.25) is 9.59 Å². The lowest BCUT2D eigenvalue weighted by atomic mass is 10.0. The molecule has 3 N–H and O–H groups in total. The second-order valence-corrected chi connectivity index (χ2v) is 5.46. The van der Waals surface area contributed by atoms with Crippen molar-refractivity contribution in [2.75, 3.05) is 16.8 Å². The van der Waals surface area contributed by atoms with E-state index in [1.54, 1.807) is 11.0 Å². The Morgan fingerprint density at radius 3 is 2.75 bits per heavy atom. The lowest BCUT2D eigenvalue weighted by Gasteiger charge is -2.18. The number of nitrogens with two attached hydrogens (primary N) is 1. The van der Waals surface area contributed by atoms with E-state index < -0.39 is 6.04 Å². The first-order valence-electron chi connectivity index (χ1n) is 6.96. The Bertz CT molecular complexity index is 514. The van der Waals surface area contributed by atoms with Crippen LogP contribution in [0.25, 0.3) is 0 Å². The molecule has 0 bridgehead atoms. The van der Waals surface area contributed by atoms with Crippen LogP contribution in [0.5, 0.6) is 0 Å². The number of hydrogen-bond acceptors (Lipinski definition) is 3. The lowest BCUT2D eigenvalue weighted by Crippen LogP contribution is -2.39. The smallest absolute Gasteiger partial charge is 0.241 e. The Morgan fingerprint density at radius 1 is 1.40 bits per heavy atom. The van der Waals surface area contributed by atoms with Crippen LogP contribution in [0.2, 0.25) is 0 Å². The van der Waals surface area contributed by atoms with E-state index in [1.807, 2.05) is 32.0 Å². The number of carbonyl (C=O) groups excluding carboxylic acids is 2. The Balaban J connectivity index is 2.10. The number of rotatable bonds is 4. The zero-order chi connectivity index (χ0) is 14.7. The van der Waals surface area contributed by atoms with Crippen molar-refractivity contribution in [3.8, 4) is 0 Å². The van der Waals surface area contributed by atoms with Crippen molar-refractivity contribution in [2.24, 2.45) is 11.7 Å². The summed E-state index contributed by atoms with van der Waals surface area (Å²) < 4.78 is 0. The second-order valence-electron chi connectivity index (χ2n) is 5.46. The third-order valence-electron chi connectivity index (χ3n) is 3.52. The molecule has 0 aliphatic carbocycles. The maximum atomic E-state index is 11.9. The van der Waals surface area contributed by atoms with E-state index in [4.69, 9.17) is 5.73 Å². The van der Waals surface area contributed by atoms with Crippen LogP contribution >= 0.6 is 0 Å². The van der Waals surface area contributed by atoms with Gasteiger partial charge in [-0.15, -0.1) is 0 Å². The lowest BCUT2D eigenvalue weighted by molar-refractivity contribution is -0.118. The fraction of sp³-hybridized carbons (Fsp3) is 0.467. The van der Waals surface area contributed by atoms with Crippen LogP contribution in [0.15, 0.2) is 24.3 Å². The highest BCUT2D eigenvalue weighted by atomic mass is 16.2. The average molecular weight is 275 g/mol. The van der Waals surface area contributed by atoms with Crippen LogP contribution in [0.3, 0.4) is 0 Å². The van der Waals surface area contributed by atoms with Gasteiger partial charge in [0.2, 0.25) is 11.8 Å². The maximum absolute atomic E-state index is 11.9. The first-order chi connectivity index (χ1) is 9.49. The highest BCUT2D eigenvalue weighted by Gasteiger charge is 2.22. The molecule has 1 atom stereocenters. The van der Waals surface area contributed by atoms with Gasteiger partial charge in [0.25, 0.3) is 0 Å². The molecule has 1 fully saturated rings. The van der Waals surface area contributed by atoms with E-state index in [2.05, 4.69) is 5.32 Å². The molecule has 1 unspecified atom stereocenters. The Labute approximate surface area is 119 Å². The number of nitrogens with zero attached hydrogens (tertiary/aromatic N) is 1. The van der Waals surface area contributed by atoms with Crippen LogP contribution in [-0.2, 0) is 9.59 Å². The monoisotopic (exact) mass is 275 g/mol. The molecule has 108 valence electrons. The molecule has 0 aromatic heterocycles. The van der Waals surface area contributed by atoms with E-state index in [0.29, 0.717) is 12.1 Å². The molecule has 1 aliphatic heterocycles. The molecule has 1 aromatic carbocycles. The highest BCUT2D eigenvalue weighted by molar-refractivity contribution is 5.98. The van der Waals surface area contributed by atoms with Crippen LogP contribution in [0.4, 0.5) is 11.4 Å². The van der Waals surface area contributed by atoms with Crippen molar-refractivity contribution >= 4 is 23.2 Å². The van der Waals surface area contributed by atoms with Gasteiger partial charge in [-0.05, 0) is 30.5 Å². The van der Waals surface area contributed by atoms with Crippen LogP contribution in [-0.4, -0.2) is 24.4 Å². The first kappa shape index (κ1) is 14.5. The molecule has 20 heavy (non-hydrogen) atoms. The van der Waals surface area contributed by atoms with Crippen molar-refractivity contribution in [3.63, 3.8) is 0 Å². The summed E-state index contributed by atoms with van der Waals surface area (Å²) >= 11 is 0. The molecule has 5 heteroatoms. The summed E-state index contributed by atoms with van der Waals surface area (Å²) in [5, 5.41) is 2.80. The third kappa shape index (κ3) is 3.17.